The SMILES string of the molecule is CC(Oc1cc(-c2n[nH]c(=O)o2)ccc1Br)[C@H]1CC[C@H](N)CC1.Cl. The van der Waals surface area contributed by atoms with Crippen molar-refractivity contribution in [1.82, 2.24) is 10.2 Å². The summed E-state index contributed by atoms with van der Waals surface area (Å²) in [6.45, 7) is 2.09. The van der Waals surface area contributed by atoms with Crippen molar-refractivity contribution in [2.45, 2.75) is 44.8 Å². The average Bonchev–Trinajstić information content (AvgIpc) is 2.96. The predicted octanol–water partition coefficient (Wildman–Crippen LogP) is 3.50. The highest BCUT2D eigenvalue weighted by Crippen LogP contribution is 2.34. The summed E-state index contributed by atoms with van der Waals surface area (Å²) in [6.07, 6.45) is 4.39. The van der Waals surface area contributed by atoms with Crippen LogP contribution in [0.2, 0.25) is 0 Å². The van der Waals surface area contributed by atoms with E-state index >= 15 is 0 Å². The summed E-state index contributed by atoms with van der Waals surface area (Å²) in [5.41, 5.74) is 6.66. The van der Waals surface area contributed by atoms with Crippen LogP contribution in [0.3, 0.4) is 0 Å². The maximum absolute atomic E-state index is 11.1. The van der Waals surface area contributed by atoms with Crippen LogP contribution in [0.15, 0.2) is 31.9 Å². The normalized spacial score (nSPS) is 21.8. The monoisotopic (exact) mass is 417 g/mol. The van der Waals surface area contributed by atoms with E-state index in [0.717, 1.165) is 35.9 Å². The second-order valence-corrected chi connectivity index (χ2v) is 6.92. The molecule has 6 nitrogen and oxygen atoms in total. The number of aromatic nitrogens is 2. The molecule has 132 valence electrons. The van der Waals surface area contributed by atoms with Crippen molar-refractivity contribution in [3.63, 3.8) is 0 Å². The van der Waals surface area contributed by atoms with Crippen molar-refractivity contribution < 1.29 is 9.15 Å². The van der Waals surface area contributed by atoms with Crippen molar-refractivity contribution in [2.24, 2.45) is 11.7 Å². The Morgan fingerprint density at radius 2 is 2.08 bits per heavy atom. The minimum absolute atomic E-state index is 0. The molecule has 8 heteroatoms. The van der Waals surface area contributed by atoms with Crippen molar-refractivity contribution in [2.75, 3.05) is 0 Å². The standard InChI is InChI=1S/C16H20BrN3O3.ClH/c1-9(10-2-5-12(18)6-3-10)22-14-8-11(4-7-13(14)17)15-19-20-16(21)23-15;/h4,7-10,12H,2-3,5-6,18H2,1H3,(H,20,21);1H/t9?,10-,12-;. The Morgan fingerprint density at radius 1 is 1.38 bits per heavy atom. The molecule has 1 aromatic carbocycles. The Bertz CT molecular complexity index is 725. The second kappa shape index (κ2) is 8.18. The van der Waals surface area contributed by atoms with Gasteiger partial charge in [0.25, 0.3) is 0 Å². The number of nitrogens with one attached hydrogen (secondary N) is 1. The first-order chi connectivity index (χ1) is 11.0. The summed E-state index contributed by atoms with van der Waals surface area (Å²) < 4.78 is 12.0. The van der Waals surface area contributed by atoms with Gasteiger partial charge in [0, 0.05) is 11.6 Å². The van der Waals surface area contributed by atoms with E-state index in [-0.39, 0.29) is 24.4 Å². The lowest BCUT2D eigenvalue weighted by molar-refractivity contribution is 0.118. The number of halogens is 2. The molecule has 1 fully saturated rings. The number of hydrogen-bond donors (Lipinski definition) is 2. The molecule has 1 aromatic heterocycles. The van der Waals surface area contributed by atoms with E-state index in [9.17, 15) is 4.79 Å². The maximum atomic E-state index is 11.1. The Kier molecular flexibility index (Phi) is 6.48. The number of H-pyrrole nitrogens is 1. The predicted molar refractivity (Wildman–Crippen MR) is 97.5 cm³/mol. The highest BCUT2D eigenvalue weighted by molar-refractivity contribution is 9.10. The van der Waals surface area contributed by atoms with Gasteiger partial charge in [-0.25, -0.2) is 9.89 Å². The lowest BCUT2D eigenvalue weighted by Gasteiger charge is -2.31. The zero-order valence-electron chi connectivity index (χ0n) is 13.3. The molecule has 0 bridgehead atoms. The number of benzene rings is 1. The van der Waals surface area contributed by atoms with Gasteiger partial charge in [-0.2, -0.15) is 0 Å². The lowest BCUT2D eigenvalue weighted by atomic mass is 9.83. The Morgan fingerprint density at radius 3 is 2.71 bits per heavy atom. The highest BCUT2D eigenvalue weighted by Gasteiger charge is 2.25. The summed E-state index contributed by atoms with van der Waals surface area (Å²) >= 11 is 3.50. The molecular weight excluding hydrogens is 398 g/mol. The largest absolute Gasteiger partial charge is 0.489 e. The van der Waals surface area contributed by atoms with Crippen LogP contribution in [-0.4, -0.2) is 22.3 Å². The topological polar surface area (TPSA) is 94.1 Å². The number of ether oxygens (including phenoxy) is 1. The van der Waals surface area contributed by atoms with Gasteiger partial charge >= 0.3 is 5.76 Å². The molecular formula is C16H21BrClN3O3. The van der Waals surface area contributed by atoms with Gasteiger partial charge < -0.3 is 14.9 Å². The van der Waals surface area contributed by atoms with Gasteiger partial charge in [0.2, 0.25) is 5.89 Å². The first kappa shape index (κ1) is 19.0. The molecule has 0 amide bonds. The molecule has 24 heavy (non-hydrogen) atoms. The summed E-state index contributed by atoms with van der Waals surface area (Å²) in [4.78, 5) is 11.1. The fourth-order valence-electron chi connectivity index (χ4n) is 2.99. The van der Waals surface area contributed by atoms with Crippen molar-refractivity contribution in [3.8, 4) is 17.2 Å². The minimum atomic E-state index is -0.572. The number of aromatic amines is 1. The third-order valence-corrected chi connectivity index (χ3v) is 5.06. The van der Waals surface area contributed by atoms with E-state index in [1.54, 1.807) is 0 Å². The van der Waals surface area contributed by atoms with E-state index in [1.807, 2.05) is 18.2 Å². The molecule has 1 unspecified atom stereocenters. The Hall–Kier alpha value is -1.31. The first-order valence-corrected chi connectivity index (χ1v) is 8.60. The molecule has 1 saturated carbocycles. The van der Waals surface area contributed by atoms with Crippen LogP contribution >= 0.6 is 28.3 Å². The zero-order chi connectivity index (χ0) is 16.4. The molecule has 0 aliphatic heterocycles. The van der Waals surface area contributed by atoms with Crippen LogP contribution in [0.1, 0.15) is 32.6 Å². The van der Waals surface area contributed by atoms with Gasteiger partial charge in [-0.05, 0) is 72.7 Å². The van der Waals surface area contributed by atoms with Gasteiger partial charge in [-0.15, -0.1) is 17.5 Å². The summed E-state index contributed by atoms with van der Waals surface area (Å²) in [7, 11) is 0. The van der Waals surface area contributed by atoms with Crippen LogP contribution in [0.5, 0.6) is 5.75 Å². The third-order valence-electron chi connectivity index (χ3n) is 4.41. The molecule has 0 radical (unpaired) electrons. The van der Waals surface area contributed by atoms with Crippen molar-refractivity contribution in [3.05, 3.63) is 33.2 Å². The van der Waals surface area contributed by atoms with E-state index in [2.05, 4.69) is 33.1 Å². The maximum Gasteiger partial charge on any atom is 0.434 e. The second-order valence-electron chi connectivity index (χ2n) is 6.06. The van der Waals surface area contributed by atoms with Crippen LogP contribution in [0, 0.1) is 5.92 Å². The van der Waals surface area contributed by atoms with Crippen molar-refractivity contribution >= 4 is 28.3 Å². The third kappa shape index (κ3) is 4.40. The zero-order valence-corrected chi connectivity index (χ0v) is 15.7. The molecule has 3 N–H and O–H groups in total. The lowest BCUT2D eigenvalue weighted by Crippen LogP contribution is -2.33. The first-order valence-electron chi connectivity index (χ1n) is 7.80. The number of hydrogen-bond acceptors (Lipinski definition) is 5. The quantitative estimate of drug-likeness (QED) is 0.792. The summed E-state index contributed by atoms with van der Waals surface area (Å²) in [5, 5.41) is 6.11. The summed E-state index contributed by atoms with van der Waals surface area (Å²) in [5.74, 6) is 0.908. The van der Waals surface area contributed by atoms with E-state index < -0.39 is 5.76 Å². The number of nitrogens with two attached hydrogens (primary N) is 1. The molecule has 3 rings (SSSR count). The van der Waals surface area contributed by atoms with Gasteiger partial charge in [0.15, 0.2) is 0 Å². The Labute approximate surface area is 154 Å². The van der Waals surface area contributed by atoms with E-state index in [0.29, 0.717) is 17.5 Å². The van der Waals surface area contributed by atoms with E-state index in [1.165, 1.54) is 0 Å². The molecule has 0 spiro atoms. The van der Waals surface area contributed by atoms with Gasteiger partial charge in [-0.1, -0.05) is 0 Å². The molecule has 2 aromatic rings. The molecule has 1 aliphatic rings. The van der Waals surface area contributed by atoms with Crippen molar-refractivity contribution in [1.29, 1.82) is 0 Å². The van der Waals surface area contributed by atoms with Crippen LogP contribution < -0.4 is 16.2 Å². The Balaban J connectivity index is 0.00000208. The molecule has 0 saturated heterocycles. The fourth-order valence-corrected chi connectivity index (χ4v) is 3.33. The van der Waals surface area contributed by atoms with Crippen LogP contribution in [0.4, 0.5) is 0 Å². The van der Waals surface area contributed by atoms with Crippen LogP contribution in [-0.2, 0) is 0 Å². The highest BCUT2D eigenvalue weighted by atomic mass is 79.9. The van der Waals surface area contributed by atoms with E-state index in [4.69, 9.17) is 14.9 Å². The number of rotatable bonds is 4. The van der Waals surface area contributed by atoms with Gasteiger partial charge in [-0.3, -0.25) is 0 Å². The fraction of sp³-hybridized carbons (Fsp3) is 0.500. The smallest absolute Gasteiger partial charge is 0.434 e. The molecule has 1 aliphatic carbocycles. The minimum Gasteiger partial charge on any atom is -0.489 e. The average molecular weight is 419 g/mol. The van der Waals surface area contributed by atoms with Gasteiger partial charge in [0.1, 0.15) is 5.75 Å². The molecule has 1 heterocycles. The molecule has 1 atom stereocenters. The number of nitrogens with zero attached hydrogens (tertiary/aromatic N) is 1. The van der Waals surface area contributed by atoms with Crippen LogP contribution in [0.25, 0.3) is 11.5 Å². The van der Waals surface area contributed by atoms with Gasteiger partial charge in [0.05, 0.1) is 10.6 Å². The summed E-state index contributed by atoms with van der Waals surface area (Å²) in [6, 6.07) is 5.84.